The molecule has 1 aromatic heterocycles. The van der Waals surface area contributed by atoms with Crippen LogP contribution in [0.3, 0.4) is 0 Å². The summed E-state index contributed by atoms with van der Waals surface area (Å²) in [6.07, 6.45) is 0.576. The molecule has 1 aromatic carbocycles. The van der Waals surface area contributed by atoms with Crippen LogP contribution in [0.25, 0.3) is 0 Å². The molecule has 0 aliphatic carbocycles. The highest BCUT2D eigenvalue weighted by Gasteiger charge is 2.21. The van der Waals surface area contributed by atoms with Crippen molar-refractivity contribution < 1.29 is 14.3 Å². The maximum atomic E-state index is 12.1. The van der Waals surface area contributed by atoms with E-state index in [2.05, 4.69) is 10.3 Å². The van der Waals surface area contributed by atoms with Crippen molar-refractivity contribution in [2.75, 3.05) is 5.32 Å². The Morgan fingerprint density at radius 2 is 1.88 bits per heavy atom. The quantitative estimate of drug-likeness (QED) is 0.751. The highest BCUT2D eigenvalue weighted by atomic mass is 35.5. The second kappa shape index (κ2) is 8.83. The Bertz CT molecular complexity index is 753. The smallest absolute Gasteiger partial charge is 0.307 e. The monoisotopic (exact) mass is 380 g/mol. The van der Waals surface area contributed by atoms with Gasteiger partial charge >= 0.3 is 5.97 Å². The number of carbonyl (C=O) groups is 2. The van der Waals surface area contributed by atoms with Gasteiger partial charge in [0.25, 0.3) is 5.91 Å². The average molecular weight is 381 g/mol. The third-order valence-electron chi connectivity index (χ3n) is 3.57. The molecule has 132 valence electrons. The number of rotatable bonds is 6. The molecule has 7 heteroatoms. The lowest BCUT2D eigenvalue weighted by Gasteiger charge is -2.16. The molecule has 0 saturated heterocycles. The van der Waals surface area contributed by atoms with Crippen molar-refractivity contribution in [3.8, 4) is 0 Å². The lowest BCUT2D eigenvalue weighted by atomic mass is 9.98. The van der Waals surface area contributed by atoms with Crippen LogP contribution in [0, 0.1) is 0 Å². The van der Waals surface area contributed by atoms with E-state index in [1.807, 2.05) is 37.3 Å². The van der Waals surface area contributed by atoms with Gasteiger partial charge in [-0.05, 0) is 24.5 Å². The number of anilines is 1. The molecule has 1 heterocycles. The molecular weight excluding hydrogens is 363 g/mol. The van der Waals surface area contributed by atoms with Crippen LogP contribution in [0.4, 0.5) is 5.82 Å². The van der Waals surface area contributed by atoms with Gasteiger partial charge in [0.1, 0.15) is 0 Å². The summed E-state index contributed by atoms with van der Waals surface area (Å²) in [7, 11) is 0. The summed E-state index contributed by atoms with van der Waals surface area (Å²) in [5.41, 5.74) is 1.04. The molecule has 2 rings (SSSR count). The van der Waals surface area contributed by atoms with Crippen LogP contribution in [0.5, 0.6) is 0 Å². The Morgan fingerprint density at radius 3 is 2.52 bits per heavy atom. The molecule has 2 aromatic rings. The highest BCUT2D eigenvalue weighted by molar-refractivity contribution is 6.36. The number of benzene rings is 1. The van der Waals surface area contributed by atoms with Gasteiger partial charge in [0.2, 0.25) is 0 Å². The van der Waals surface area contributed by atoms with E-state index in [1.165, 1.54) is 19.2 Å². The Hall–Kier alpha value is -2.11. The van der Waals surface area contributed by atoms with Crippen LogP contribution in [0.1, 0.15) is 31.7 Å². The van der Waals surface area contributed by atoms with Crippen molar-refractivity contribution in [2.45, 2.75) is 32.3 Å². The van der Waals surface area contributed by atoms with Crippen molar-refractivity contribution in [1.29, 1.82) is 0 Å². The standard InChI is InChI=1S/C18H18Cl2N2O3/c1-11(13-6-4-3-5-7-13)8-16(23)25-12(2)18(24)22-17-15(20)9-14(19)10-21-17/h3-7,9-12H,8H2,1-2H3,(H,21,22,24)/t11-,12+/m0/s1. The van der Waals surface area contributed by atoms with Gasteiger partial charge in [-0.15, -0.1) is 0 Å². The number of ether oxygens (including phenoxy) is 1. The van der Waals surface area contributed by atoms with Crippen molar-refractivity contribution in [1.82, 2.24) is 4.98 Å². The summed E-state index contributed by atoms with van der Waals surface area (Å²) in [6.45, 7) is 3.42. The molecule has 2 atom stereocenters. The molecule has 0 aliphatic heterocycles. The molecule has 0 spiro atoms. The average Bonchev–Trinajstić information content (AvgIpc) is 2.57. The number of nitrogens with one attached hydrogen (secondary N) is 1. The van der Waals surface area contributed by atoms with Crippen molar-refractivity contribution in [3.05, 3.63) is 58.2 Å². The zero-order chi connectivity index (χ0) is 18.4. The Balaban J connectivity index is 1.88. The summed E-state index contributed by atoms with van der Waals surface area (Å²) in [5.74, 6) is -0.806. The second-order valence-corrected chi connectivity index (χ2v) is 6.46. The summed E-state index contributed by atoms with van der Waals surface area (Å²) in [4.78, 5) is 28.1. The van der Waals surface area contributed by atoms with E-state index < -0.39 is 18.0 Å². The van der Waals surface area contributed by atoms with Gasteiger partial charge in [-0.3, -0.25) is 9.59 Å². The van der Waals surface area contributed by atoms with Crippen LogP contribution >= 0.6 is 23.2 Å². The predicted octanol–water partition coefficient (Wildman–Crippen LogP) is 4.45. The lowest BCUT2D eigenvalue weighted by molar-refractivity contribution is -0.153. The minimum absolute atomic E-state index is 0.00339. The van der Waals surface area contributed by atoms with Crippen molar-refractivity contribution in [2.24, 2.45) is 0 Å². The van der Waals surface area contributed by atoms with Crippen molar-refractivity contribution in [3.63, 3.8) is 0 Å². The zero-order valence-electron chi connectivity index (χ0n) is 13.8. The fraction of sp³-hybridized carbons (Fsp3) is 0.278. The number of hydrogen-bond acceptors (Lipinski definition) is 4. The van der Waals surface area contributed by atoms with Crippen LogP contribution in [-0.2, 0) is 14.3 Å². The first-order valence-electron chi connectivity index (χ1n) is 7.73. The second-order valence-electron chi connectivity index (χ2n) is 5.62. The first-order valence-corrected chi connectivity index (χ1v) is 8.48. The third kappa shape index (κ3) is 5.73. The third-order valence-corrected chi connectivity index (χ3v) is 4.06. The first kappa shape index (κ1) is 19.2. The number of halogens is 2. The molecular formula is C18H18Cl2N2O3. The van der Waals surface area contributed by atoms with E-state index in [1.54, 1.807) is 0 Å². The maximum Gasteiger partial charge on any atom is 0.307 e. The first-order chi connectivity index (χ1) is 11.9. The molecule has 0 bridgehead atoms. The van der Waals surface area contributed by atoms with Crippen LogP contribution in [-0.4, -0.2) is 23.0 Å². The van der Waals surface area contributed by atoms with E-state index in [0.29, 0.717) is 5.02 Å². The number of pyridine rings is 1. The molecule has 0 radical (unpaired) electrons. The lowest BCUT2D eigenvalue weighted by Crippen LogP contribution is -2.30. The number of carbonyl (C=O) groups excluding carboxylic acids is 2. The number of hydrogen-bond donors (Lipinski definition) is 1. The number of amides is 1. The largest absolute Gasteiger partial charge is 0.453 e. The van der Waals surface area contributed by atoms with Gasteiger partial charge < -0.3 is 10.1 Å². The molecule has 5 nitrogen and oxygen atoms in total. The van der Waals surface area contributed by atoms with Gasteiger partial charge in [-0.1, -0.05) is 60.5 Å². The van der Waals surface area contributed by atoms with Gasteiger partial charge in [0.15, 0.2) is 11.9 Å². The minimum atomic E-state index is -0.969. The van der Waals surface area contributed by atoms with Gasteiger partial charge in [0.05, 0.1) is 16.5 Å². The van der Waals surface area contributed by atoms with E-state index in [0.717, 1.165) is 5.56 Å². The Kier molecular flexibility index (Phi) is 6.79. The molecule has 1 N–H and O–H groups in total. The van der Waals surface area contributed by atoms with Gasteiger partial charge in [-0.2, -0.15) is 0 Å². The molecule has 0 fully saturated rings. The SMILES string of the molecule is C[C@@H](OC(=O)C[C@H](C)c1ccccc1)C(=O)Nc1ncc(Cl)cc1Cl. The predicted molar refractivity (Wildman–Crippen MR) is 97.9 cm³/mol. The van der Waals surface area contributed by atoms with Crippen LogP contribution in [0.15, 0.2) is 42.6 Å². The number of aromatic nitrogens is 1. The van der Waals surface area contributed by atoms with E-state index >= 15 is 0 Å². The fourth-order valence-electron chi connectivity index (χ4n) is 2.17. The summed E-state index contributed by atoms with van der Waals surface area (Å²) < 4.78 is 5.19. The van der Waals surface area contributed by atoms with Gasteiger partial charge in [-0.25, -0.2) is 4.98 Å². The number of esters is 1. The minimum Gasteiger partial charge on any atom is -0.453 e. The number of nitrogens with zero attached hydrogens (tertiary/aromatic N) is 1. The molecule has 25 heavy (non-hydrogen) atoms. The maximum absolute atomic E-state index is 12.1. The highest BCUT2D eigenvalue weighted by Crippen LogP contribution is 2.23. The van der Waals surface area contributed by atoms with E-state index in [4.69, 9.17) is 27.9 Å². The van der Waals surface area contributed by atoms with Crippen molar-refractivity contribution >= 4 is 40.9 Å². The molecule has 1 amide bonds. The normalized spacial score (nSPS) is 13.0. The summed E-state index contributed by atoms with van der Waals surface area (Å²) in [6, 6.07) is 11.1. The Labute approximate surface area is 156 Å². The van der Waals surface area contributed by atoms with Gasteiger partial charge in [0, 0.05) is 6.20 Å². The molecule has 0 saturated carbocycles. The summed E-state index contributed by atoms with van der Waals surface area (Å²) >= 11 is 11.7. The van der Waals surface area contributed by atoms with Crippen LogP contribution < -0.4 is 5.32 Å². The van der Waals surface area contributed by atoms with E-state index in [9.17, 15) is 9.59 Å². The summed E-state index contributed by atoms with van der Waals surface area (Å²) in [5, 5.41) is 3.07. The molecule has 0 aliphatic rings. The fourth-order valence-corrected chi connectivity index (χ4v) is 2.60. The zero-order valence-corrected chi connectivity index (χ0v) is 15.3. The Morgan fingerprint density at radius 1 is 1.20 bits per heavy atom. The molecule has 0 unspecified atom stereocenters. The topological polar surface area (TPSA) is 68.3 Å². The van der Waals surface area contributed by atoms with Crippen LogP contribution in [0.2, 0.25) is 10.0 Å². The van der Waals surface area contributed by atoms with E-state index in [-0.39, 0.29) is 23.2 Å².